The van der Waals surface area contributed by atoms with Crippen molar-refractivity contribution in [1.29, 1.82) is 5.26 Å². The van der Waals surface area contributed by atoms with Crippen LogP contribution in [0.3, 0.4) is 0 Å². The molecule has 0 saturated carbocycles. The van der Waals surface area contributed by atoms with Gasteiger partial charge in [-0.05, 0) is 0 Å². The number of aromatic amines is 1. The maximum absolute atomic E-state index is 12.1. The van der Waals surface area contributed by atoms with Gasteiger partial charge in [-0.3, -0.25) is 4.98 Å². The second-order valence-corrected chi connectivity index (χ2v) is 1.45. The zero-order chi connectivity index (χ0) is 7.56. The Morgan fingerprint density at radius 3 is 2.90 bits per heavy atom. The number of nitriles is 1. The molecule has 0 radical (unpaired) electrons. The van der Waals surface area contributed by atoms with E-state index in [2.05, 4.69) is 9.83 Å². The Morgan fingerprint density at radius 1 is 1.80 bits per heavy atom. The standard InChI is InChI=1S/C5HFN4/c1-8-4-3(2-7)9-5(6)10-4/h(H,9,10). The molecule has 0 atom stereocenters. The molecular formula is C5HFN4. The lowest BCUT2D eigenvalue weighted by Gasteiger charge is -1.76. The second kappa shape index (κ2) is 2.16. The van der Waals surface area contributed by atoms with Crippen molar-refractivity contribution in [3.63, 3.8) is 0 Å². The molecule has 10 heavy (non-hydrogen) atoms. The van der Waals surface area contributed by atoms with E-state index in [9.17, 15) is 4.39 Å². The van der Waals surface area contributed by atoms with Gasteiger partial charge in [-0.2, -0.15) is 10.2 Å². The van der Waals surface area contributed by atoms with Gasteiger partial charge in [-0.15, -0.1) is 4.39 Å². The topological polar surface area (TPSA) is 56.8 Å². The fourth-order valence-electron chi connectivity index (χ4n) is 0.495. The normalized spacial score (nSPS) is 8.30. The van der Waals surface area contributed by atoms with E-state index in [1.807, 2.05) is 4.98 Å². The Bertz CT molecular complexity index is 295. The zero-order valence-electron chi connectivity index (χ0n) is 4.72. The van der Waals surface area contributed by atoms with Gasteiger partial charge in [0.25, 0.3) is 5.82 Å². The van der Waals surface area contributed by atoms with Crippen LogP contribution in [0.25, 0.3) is 4.85 Å². The summed E-state index contributed by atoms with van der Waals surface area (Å²) in [5, 5.41) is 8.22. The van der Waals surface area contributed by atoms with Crippen LogP contribution in [-0.2, 0) is 0 Å². The van der Waals surface area contributed by atoms with Crippen LogP contribution in [-0.4, -0.2) is 9.97 Å². The highest BCUT2D eigenvalue weighted by Gasteiger charge is 2.08. The average Bonchev–Trinajstić information content (AvgIpc) is 2.30. The van der Waals surface area contributed by atoms with Gasteiger partial charge in [0.2, 0.25) is 0 Å². The molecule has 0 aliphatic rings. The van der Waals surface area contributed by atoms with E-state index in [0.29, 0.717) is 0 Å². The Labute approximate surface area is 55.8 Å². The SMILES string of the molecule is [C-]#[N+]c1[nH]c(F)nc1C#N. The molecule has 0 amide bonds. The van der Waals surface area contributed by atoms with Gasteiger partial charge in [0.05, 0.1) is 0 Å². The van der Waals surface area contributed by atoms with Crippen molar-refractivity contribution in [2.75, 3.05) is 0 Å². The van der Waals surface area contributed by atoms with Crippen molar-refractivity contribution in [2.24, 2.45) is 0 Å². The molecule has 1 N–H and O–H groups in total. The molecule has 1 heterocycles. The van der Waals surface area contributed by atoms with Crippen LogP contribution in [0.5, 0.6) is 0 Å². The lowest BCUT2D eigenvalue weighted by atomic mass is 10.5. The molecular weight excluding hydrogens is 135 g/mol. The number of nitrogens with zero attached hydrogens (tertiary/aromatic N) is 3. The molecule has 0 fully saturated rings. The van der Waals surface area contributed by atoms with Gasteiger partial charge in [-0.25, -0.2) is 0 Å². The van der Waals surface area contributed by atoms with Crippen molar-refractivity contribution in [2.45, 2.75) is 0 Å². The summed E-state index contributed by atoms with van der Waals surface area (Å²) in [6.45, 7) is 6.44. The summed E-state index contributed by atoms with van der Waals surface area (Å²) >= 11 is 0. The summed E-state index contributed by atoms with van der Waals surface area (Å²) < 4.78 is 12.1. The monoisotopic (exact) mass is 136 g/mol. The third-order valence-corrected chi connectivity index (χ3v) is 0.874. The average molecular weight is 136 g/mol. The van der Waals surface area contributed by atoms with E-state index in [1.165, 1.54) is 0 Å². The van der Waals surface area contributed by atoms with Crippen LogP contribution in [0.2, 0.25) is 0 Å². The first-order valence-corrected chi connectivity index (χ1v) is 2.31. The van der Waals surface area contributed by atoms with Crippen LogP contribution in [0, 0.1) is 24.0 Å². The molecule has 1 aromatic rings. The molecule has 0 aliphatic carbocycles. The largest absolute Gasteiger partial charge is 0.362 e. The molecule has 0 aromatic carbocycles. The first-order chi connectivity index (χ1) is 4.77. The Hall–Kier alpha value is -1.88. The summed E-state index contributed by atoms with van der Waals surface area (Å²) in [6.07, 6.45) is -0.900. The van der Waals surface area contributed by atoms with Crippen molar-refractivity contribution >= 4 is 5.82 Å². The lowest BCUT2D eigenvalue weighted by molar-refractivity contribution is 0.552. The molecule has 48 valence electrons. The van der Waals surface area contributed by atoms with Gasteiger partial charge < -0.3 is 4.85 Å². The third kappa shape index (κ3) is 0.805. The van der Waals surface area contributed by atoms with E-state index in [1.54, 1.807) is 6.07 Å². The van der Waals surface area contributed by atoms with E-state index in [-0.39, 0.29) is 11.5 Å². The number of imidazole rings is 1. The fraction of sp³-hybridized carbons (Fsp3) is 0. The fourth-order valence-corrected chi connectivity index (χ4v) is 0.495. The molecule has 0 unspecified atom stereocenters. The molecule has 5 heteroatoms. The summed E-state index contributed by atoms with van der Waals surface area (Å²) in [7, 11) is 0. The lowest BCUT2D eigenvalue weighted by Crippen LogP contribution is -1.73. The van der Waals surface area contributed by atoms with Gasteiger partial charge in [-0.1, -0.05) is 6.57 Å². The first kappa shape index (κ1) is 6.24. The smallest absolute Gasteiger partial charge is 0.361 e. The number of aromatic nitrogens is 2. The number of halogens is 1. The Morgan fingerprint density at radius 2 is 2.50 bits per heavy atom. The molecule has 1 aromatic heterocycles. The van der Waals surface area contributed by atoms with Crippen LogP contribution in [0.1, 0.15) is 5.69 Å². The molecule has 0 saturated heterocycles. The minimum atomic E-state index is -0.900. The van der Waals surface area contributed by atoms with Crippen molar-refractivity contribution < 1.29 is 4.39 Å². The zero-order valence-corrected chi connectivity index (χ0v) is 4.72. The summed E-state index contributed by atoms with van der Waals surface area (Å²) in [4.78, 5) is 7.93. The maximum atomic E-state index is 12.1. The highest BCUT2D eigenvalue weighted by Crippen LogP contribution is 2.12. The minimum absolute atomic E-state index is 0.153. The first-order valence-electron chi connectivity index (χ1n) is 2.31. The Balaban J connectivity index is 3.28. The molecule has 0 spiro atoms. The van der Waals surface area contributed by atoms with Gasteiger partial charge in [0.1, 0.15) is 6.07 Å². The highest BCUT2D eigenvalue weighted by atomic mass is 19.1. The van der Waals surface area contributed by atoms with Gasteiger partial charge in [0.15, 0.2) is 5.69 Å². The quantitative estimate of drug-likeness (QED) is 0.540. The highest BCUT2D eigenvalue weighted by molar-refractivity contribution is 5.48. The maximum Gasteiger partial charge on any atom is 0.362 e. The number of H-pyrrole nitrogens is 1. The molecule has 1 rings (SSSR count). The van der Waals surface area contributed by atoms with Crippen molar-refractivity contribution in [3.05, 3.63) is 23.2 Å². The summed E-state index contributed by atoms with van der Waals surface area (Å²) in [5.41, 5.74) is -0.201. The van der Waals surface area contributed by atoms with Gasteiger partial charge >= 0.3 is 6.08 Å². The number of hydrogen-bond donors (Lipinski definition) is 1. The summed E-state index contributed by atoms with van der Waals surface area (Å²) in [6, 6.07) is 1.57. The van der Waals surface area contributed by atoms with E-state index in [4.69, 9.17) is 11.8 Å². The third-order valence-electron chi connectivity index (χ3n) is 0.874. The van der Waals surface area contributed by atoms with Gasteiger partial charge in [0, 0.05) is 0 Å². The molecule has 0 aliphatic heterocycles. The van der Waals surface area contributed by atoms with Crippen LogP contribution in [0.4, 0.5) is 10.2 Å². The summed E-state index contributed by atoms with van der Waals surface area (Å²) in [5.74, 6) is -0.153. The predicted molar refractivity (Wildman–Crippen MR) is 29.5 cm³/mol. The number of nitrogens with one attached hydrogen (secondary N) is 1. The van der Waals surface area contributed by atoms with Crippen LogP contribution < -0.4 is 0 Å². The van der Waals surface area contributed by atoms with E-state index >= 15 is 0 Å². The second-order valence-electron chi connectivity index (χ2n) is 1.45. The Kier molecular flexibility index (Phi) is 1.35. The number of rotatable bonds is 0. The molecule has 0 bridgehead atoms. The predicted octanol–water partition coefficient (Wildman–Crippen LogP) is 0.971. The minimum Gasteiger partial charge on any atom is -0.361 e. The van der Waals surface area contributed by atoms with E-state index in [0.717, 1.165) is 0 Å². The van der Waals surface area contributed by atoms with Crippen LogP contribution in [0.15, 0.2) is 0 Å². The van der Waals surface area contributed by atoms with E-state index < -0.39 is 6.08 Å². The van der Waals surface area contributed by atoms with Crippen molar-refractivity contribution in [1.82, 2.24) is 9.97 Å². The number of hydrogen-bond acceptors (Lipinski definition) is 2. The van der Waals surface area contributed by atoms with Crippen LogP contribution >= 0.6 is 0 Å². The molecule has 4 nitrogen and oxygen atoms in total. The van der Waals surface area contributed by atoms with Crippen molar-refractivity contribution in [3.8, 4) is 6.07 Å².